The predicted molar refractivity (Wildman–Crippen MR) is 68.6 cm³/mol. The van der Waals surface area contributed by atoms with Crippen LogP contribution in [0.1, 0.15) is 19.4 Å². The molecule has 1 aromatic carbocycles. The maximum absolute atomic E-state index is 12.9. The predicted octanol–water partition coefficient (Wildman–Crippen LogP) is 2.63. The summed E-state index contributed by atoms with van der Waals surface area (Å²) in [4.78, 5) is 0. The fourth-order valence-electron chi connectivity index (χ4n) is 1.51. The molecule has 3 heteroatoms. The fourth-order valence-corrected chi connectivity index (χ4v) is 1.51. The summed E-state index contributed by atoms with van der Waals surface area (Å²) in [5, 5.41) is 3.28. The molecular weight excluding hydrogens is 217 g/mol. The minimum absolute atomic E-state index is 0.164. The van der Waals surface area contributed by atoms with Gasteiger partial charge in [-0.1, -0.05) is 26.0 Å². The molecule has 0 aliphatic carbocycles. The van der Waals surface area contributed by atoms with E-state index in [4.69, 9.17) is 4.74 Å². The van der Waals surface area contributed by atoms with Crippen LogP contribution in [0.15, 0.2) is 24.3 Å². The summed E-state index contributed by atoms with van der Waals surface area (Å²) in [6, 6.07) is 6.74. The average Bonchev–Trinajstić information content (AvgIpc) is 2.27. The standard InChI is InChI=1S/C14H22FNO/c1-12(2)11-17-9-8-16-7-6-13-4-3-5-14(15)10-13/h3-5,10,12,16H,6-9,11H2,1-2H3. The summed E-state index contributed by atoms with van der Waals surface area (Å²) in [5.74, 6) is 0.421. The third kappa shape index (κ3) is 7.08. The zero-order valence-electron chi connectivity index (χ0n) is 10.7. The summed E-state index contributed by atoms with van der Waals surface area (Å²) in [7, 11) is 0. The van der Waals surface area contributed by atoms with Crippen LogP contribution < -0.4 is 5.32 Å². The SMILES string of the molecule is CC(C)COCCNCCc1cccc(F)c1. The molecule has 0 radical (unpaired) electrons. The molecule has 0 bridgehead atoms. The topological polar surface area (TPSA) is 21.3 Å². The number of hydrogen-bond acceptors (Lipinski definition) is 2. The van der Waals surface area contributed by atoms with Crippen molar-refractivity contribution in [3.8, 4) is 0 Å². The van der Waals surface area contributed by atoms with Gasteiger partial charge in [0.2, 0.25) is 0 Å². The van der Waals surface area contributed by atoms with Gasteiger partial charge < -0.3 is 10.1 Å². The molecule has 0 heterocycles. The average molecular weight is 239 g/mol. The molecule has 1 aromatic rings. The molecule has 0 aliphatic rings. The molecule has 17 heavy (non-hydrogen) atoms. The number of benzene rings is 1. The van der Waals surface area contributed by atoms with Crippen molar-refractivity contribution in [2.24, 2.45) is 5.92 Å². The van der Waals surface area contributed by atoms with Crippen molar-refractivity contribution in [2.75, 3.05) is 26.3 Å². The van der Waals surface area contributed by atoms with E-state index >= 15 is 0 Å². The quantitative estimate of drug-likeness (QED) is 0.704. The molecule has 0 aliphatic heterocycles. The van der Waals surface area contributed by atoms with Crippen molar-refractivity contribution in [1.82, 2.24) is 5.32 Å². The minimum Gasteiger partial charge on any atom is -0.380 e. The van der Waals surface area contributed by atoms with Crippen LogP contribution in [0.4, 0.5) is 4.39 Å². The van der Waals surface area contributed by atoms with Gasteiger partial charge in [-0.2, -0.15) is 0 Å². The summed E-state index contributed by atoms with van der Waals surface area (Å²) in [6.07, 6.45) is 0.849. The van der Waals surface area contributed by atoms with E-state index in [0.29, 0.717) is 5.92 Å². The number of ether oxygens (including phenoxy) is 1. The zero-order valence-corrected chi connectivity index (χ0v) is 10.7. The van der Waals surface area contributed by atoms with Gasteiger partial charge in [0.15, 0.2) is 0 Å². The van der Waals surface area contributed by atoms with Gasteiger partial charge in [0.25, 0.3) is 0 Å². The number of hydrogen-bond donors (Lipinski definition) is 1. The Hall–Kier alpha value is -0.930. The number of nitrogens with one attached hydrogen (secondary N) is 1. The minimum atomic E-state index is -0.164. The summed E-state index contributed by atoms with van der Waals surface area (Å²) in [5.41, 5.74) is 1.03. The van der Waals surface area contributed by atoms with Crippen molar-refractivity contribution in [3.63, 3.8) is 0 Å². The molecule has 96 valence electrons. The van der Waals surface area contributed by atoms with Gasteiger partial charge in [-0.3, -0.25) is 0 Å². The highest BCUT2D eigenvalue weighted by Gasteiger charge is 1.96. The lowest BCUT2D eigenvalue weighted by Crippen LogP contribution is -2.23. The Bertz CT molecular complexity index is 315. The number of halogens is 1. The Balaban J connectivity index is 2.01. The lowest BCUT2D eigenvalue weighted by molar-refractivity contribution is 0.112. The number of rotatable bonds is 8. The lowest BCUT2D eigenvalue weighted by atomic mass is 10.1. The molecule has 0 fully saturated rings. The van der Waals surface area contributed by atoms with Gasteiger partial charge in [-0.25, -0.2) is 4.39 Å². The van der Waals surface area contributed by atoms with E-state index in [1.54, 1.807) is 12.1 Å². The van der Waals surface area contributed by atoms with Crippen LogP contribution in [0.25, 0.3) is 0 Å². The molecular formula is C14H22FNO. The van der Waals surface area contributed by atoms with Gasteiger partial charge in [-0.05, 0) is 36.6 Å². The molecule has 0 aromatic heterocycles. The monoisotopic (exact) mass is 239 g/mol. The van der Waals surface area contributed by atoms with E-state index in [9.17, 15) is 4.39 Å². The highest BCUT2D eigenvalue weighted by molar-refractivity contribution is 5.16. The zero-order chi connectivity index (χ0) is 12.5. The first-order valence-corrected chi connectivity index (χ1v) is 6.21. The third-order valence-electron chi connectivity index (χ3n) is 2.35. The molecule has 1 N–H and O–H groups in total. The highest BCUT2D eigenvalue weighted by atomic mass is 19.1. The van der Waals surface area contributed by atoms with Crippen LogP contribution in [-0.4, -0.2) is 26.3 Å². The maximum atomic E-state index is 12.9. The molecule has 0 saturated carbocycles. The Kier molecular flexibility index (Phi) is 6.82. The Labute approximate surface area is 103 Å². The second kappa shape index (κ2) is 8.20. The van der Waals surface area contributed by atoms with Crippen molar-refractivity contribution >= 4 is 0 Å². The second-order valence-corrected chi connectivity index (χ2v) is 4.60. The van der Waals surface area contributed by atoms with Gasteiger partial charge in [0.05, 0.1) is 6.61 Å². The van der Waals surface area contributed by atoms with Crippen LogP contribution in [-0.2, 0) is 11.2 Å². The first-order valence-electron chi connectivity index (χ1n) is 6.21. The summed E-state index contributed by atoms with van der Waals surface area (Å²) in [6.45, 7) is 7.53. The van der Waals surface area contributed by atoms with Gasteiger partial charge in [0.1, 0.15) is 5.82 Å². The summed E-state index contributed by atoms with van der Waals surface area (Å²) < 4.78 is 18.3. The van der Waals surface area contributed by atoms with E-state index in [1.165, 1.54) is 6.07 Å². The Morgan fingerprint density at radius 2 is 2.12 bits per heavy atom. The smallest absolute Gasteiger partial charge is 0.123 e. The van der Waals surface area contributed by atoms with Gasteiger partial charge >= 0.3 is 0 Å². The first-order chi connectivity index (χ1) is 8.18. The third-order valence-corrected chi connectivity index (χ3v) is 2.35. The van der Waals surface area contributed by atoms with Crippen LogP contribution in [0.3, 0.4) is 0 Å². The molecule has 0 saturated heterocycles. The van der Waals surface area contributed by atoms with Crippen molar-refractivity contribution < 1.29 is 9.13 Å². The summed E-state index contributed by atoms with van der Waals surface area (Å²) >= 11 is 0. The van der Waals surface area contributed by atoms with Crippen LogP contribution in [0, 0.1) is 11.7 Å². The second-order valence-electron chi connectivity index (χ2n) is 4.60. The van der Waals surface area contributed by atoms with Crippen molar-refractivity contribution in [3.05, 3.63) is 35.6 Å². The van der Waals surface area contributed by atoms with Crippen molar-refractivity contribution in [2.45, 2.75) is 20.3 Å². The molecule has 0 spiro atoms. The van der Waals surface area contributed by atoms with Crippen LogP contribution in [0.2, 0.25) is 0 Å². The van der Waals surface area contributed by atoms with E-state index in [-0.39, 0.29) is 5.82 Å². The van der Waals surface area contributed by atoms with Gasteiger partial charge in [-0.15, -0.1) is 0 Å². The largest absolute Gasteiger partial charge is 0.380 e. The van der Waals surface area contributed by atoms with Crippen LogP contribution in [0.5, 0.6) is 0 Å². The molecule has 0 atom stereocenters. The van der Waals surface area contributed by atoms with E-state index in [0.717, 1.165) is 38.3 Å². The lowest BCUT2D eigenvalue weighted by Gasteiger charge is -2.08. The molecule has 2 nitrogen and oxygen atoms in total. The van der Waals surface area contributed by atoms with E-state index in [1.807, 2.05) is 6.07 Å². The molecule has 0 unspecified atom stereocenters. The van der Waals surface area contributed by atoms with Crippen LogP contribution >= 0.6 is 0 Å². The molecule has 1 rings (SSSR count). The van der Waals surface area contributed by atoms with Gasteiger partial charge in [0, 0.05) is 13.2 Å². The Morgan fingerprint density at radius 3 is 2.82 bits per heavy atom. The fraction of sp³-hybridized carbons (Fsp3) is 0.571. The Morgan fingerprint density at radius 1 is 1.29 bits per heavy atom. The first kappa shape index (κ1) is 14.1. The van der Waals surface area contributed by atoms with E-state index < -0.39 is 0 Å². The maximum Gasteiger partial charge on any atom is 0.123 e. The normalized spacial score (nSPS) is 11.1. The highest BCUT2D eigenvalue weighted by Crippen LogP contribution is 2.03. The molecule has 0 amide bonds. The van der Waals surface area contributed by atoms with Crippen molar-refractivity contribution in [1.29, 1.82) is 0 Å². The van der Waals surface area contributed by atoms with E-state index in [2.05, 4.69) is 19.2 Å².